The quantitative estimate of drug-likeness (QED) is 0.306. The Morgan fingerprint density at radius 3 is 2.76 bits per heavy atom. The molecule has 4 aromatic rings. The minimum atomic E-state index is -0.167. The van der Waals surface area contributed by atoms with E-state index in [1.54, 1.807) is 12.4 Å². The Hall–Kier alpha value is -3.66. The van der Waals surface area contributed by atoms with Crippen molar-refractivity contribution in [2.75, 3.05) is 25.0 Å². The second kappa shape index (κ2) is 12.1. The molecule has 3 aromatic heterocycles. The van der Waals surface area contributed by atoms with Gasteiger partial charge in [-0.25, -0.2) is 9.97 Å². The lowest BCUT2D eigenvalue weighted by atomic mass is 10.1. The number of nitrogens with zero attached hydrogens (tertiary/aromatic N) is 4. The molecule has 5 rings (SSSR count). The molecule has 190 valence electrons. The van der Waals surface area contributed by atoms with Crippen LogP contribution in [0.4, 0.5) is 11.6 Å². The van der Waals surface area contributed by atoms with Crippen LogP contribution in [0.5, 0.6) is 0 Å². The average molecular weight is 515 g/mol. The van der Waals surface area contributed by atoms with Gasteiger partial charge >= 0.3 is 0 Å². The summed E-state index contributed by atoms with van der Waals surface area (Å²) in [6.45, 7) is 3.23. The summed E-state index contributed by atoms with van der Waals surface area (Å²) in [5.41, 5.74) is 3.98. The van der Waals surface area contributed by atoms with Crippen molar-refractivity contribution >= 4 is 28.9 Å². The van der Waals surface area contributed by atoms with Crippen LogP contribution in [-0.2, 0) is 13.0 Å². The van der Waals surface area contributed by atoms with E-state index in [2.05, 4.69) is 42.6 Å². The molecule has 4 heterocycles. The Balaban J connectivity index is 1.19. The van der Waals surface area contributed by atoms with Gasteiger partial charge in [0.2, 0.25) is 5.95 Å². The van der Waals surface area contributed by atoms with Crippen LogP contribution in [0.3, 0.4) is 0 Å². The van der Waals surface area contributed by atoms with E-state index in [1.165, 1.54) is 16.9 Å². The number of rotatable bonds is 9. The molecule has 0 atom stereocenters. The van der Waals surface area contributed by atoms with Gasteiger partial charge in [-0.3, -0.25) is 14.7 Å². The van der Waals surface area contributed by atoms with Crippen molar-refractivity contribution in [2.45, 2.75) is 31.9 Å². The maximum absolute atomic E-state index is 12.6. The Bertz CT molecular complexity index is 1320. The minimum absolute atomic E-state index is 0.0902. The van der Waals surface area contributed by atoms with Crippen LogP contribution >= 0.6 is 11.3 Å². The number of anilines is 2. The van der Waals surface area contributed by atoms with Gasteiger partial charge in [0.15, 0.2) is 0 Å². The summed E-state index contributed by atoms with van der Waals surface area (Å²) in [7, 11) is 0. The number of aromatic nitrogens is 3. The highest BCUT2D eigenvalue weighted by molar-refractivity contribution is 7.17. The molecular weight excluding hydrogens is 484 g/mol. The fourth-order valence-electron chi connectivity index (χ4n) is 4.32. The van der Waals surface area contributed by atoms with Crippen LogP contribution in [0.25, 0.3) is 10.6 Å². The number of thiophene rings is 1. The summed E-state index contributed by atoms with van der Waals surface area (Å²) in [6, 6.07) is 17.7. The van der Waals surface area contributed by atoms with E-state index in [9.17, 15) is 9.90 Å². The van der Waals surface area contributed by atoms with E-state index < -0.39 is 0 Å². The molecule has 37 heavy (non-hydrogen) atoms. The third kappa shape index (κ3) is 6.97. The fraction of sp³-hybridized carbons (Fsp3) is 0.286. The lowest BCUT2D eigenvalue weighted by Crippen LogP contribution is -2.35. The van der Waals surface area contributed by atoms with Gasteiger partial charge in [0, 0.05) is 50.5 Å². The van der Waals surface area contributed by atoms with Crippen molar-refractivity contribution in [3.05, 3.63) is 89.2 Å². The molecule has 0 saturated carbocycles. The molecule has 0 radical (unpaired) electrons. The molecule has 1 aliphatic heterocycles. The standard InChI is InChI=1S/C28H30N6O2S/c35-23-10-15-34(16-11-23)19-21-3-1-5-22(17-21)32-28-31-14-9-24(33-28)25-6-7-26(37-25)27(36)30-13-8-20-4-2-12-29-18-20/h1-7,9,12,14,17-18,23,35H,8,10-11,13,15-16,19H2,(H,30,36)(H,31,32,33). The van der Waals surface area contributed by atoms with Crippen LogP contribution in [-0.4, -0.2) is 56.6 Å². The van der Waals surface area contributed by atoms with E-state index >= 15 is 0 Å². The fourth-order valence-corrected chi connectivity index (χ4v) is 5.21. The summed E-state index contributed by atoms with van der Waals surface area (Å²) in [6.07, 6.45) is 7.51. The van der Waals surface area contributed by atoms with E-state index in [1.807, 2.05) is 48.7 Å². The summed E-state index contributed by atoms with van der Waals surface area (Å²) in [4.78, 5) is 29.7. The SMILES string of the molecule is O=C(NCCc1cccnc1)c1ccc(-c2ccnc(Nc3cccc(CN4CCC(O)CC4)c3)n2)s1. The van der Waals surface area contributed by atoms with Gasteiger partial charge in [0.25, 0.3) is 5.91 Å². The third-order valence-corrected chi connectivity index (χ3v) is 7.41. The number of aliphatic hydroxyl groups excluding tert-OH is 1. The Morgan fingerprint density at radius 1 is 1.05 bits per heavy atom. The number of likely N-dealkylation sites (tertiary alicyclic amines) is 1. The molecule has 9 heteroatoms. The van der Waals surface area contributed by atoms with E-state index in [0.717, 1.165) is 60.7 Å². The van der Waals surface area contributed by atoms with Gasteiger partial charge < -0.3 is 15.7 Å². The maximum atomic E-state index is 12.6. The van der Waals surface area contributed by atoms with Gasteiger partial charge in [0.1, 0.15) is 0 Å². The number of hydrogen-bond acceptors (Lipinski definition) is 8. The molecule has 0 unspecified atom stereocenters. The first-order valence-electron chi connectivity index (χ1n) is 12.5. The van der Waals surface area contributed by atoms with E-state index in [0.29, 0.717) is 17.4 Å². The molecule has 1 saturated heterocycles. The van der Waals surface area contributed by atoms with Crippen LogP contribution < -0.4 is 10.6 Å². The average Bonchev–Trinajstić information content (AvgIpc) is 3.42. The van der Waals surface area contributed by atoms with Crippen molar-refractivity contribution in [3.8, 4) is 10.6 Å². The number of amides is 1. The highest BCUT2D eigenvalue weighted by Gasteiger charge is 2.17. The summed E-state index contributed by atoms with van der Waals surface area (Å²) in [5, 5.41) is 16.0. The number of carbonyl (C=O) groups is 1. The van der Waals surface area contributed by atoms with Crippen LogP contribution in [0.15, 0.2) is 73.2 Å². The highest BCUT2D eigenvalue weighted by atomic mass is 32.1. The van der Waals surface area contributed by atoms with Gasteiger partial charge in [-0.05, 0) is 66.8 Å². The Labute approximate surface area is 220 Å². The monoisotopic (exact) mass is 514 g/mol. The van der Waals surface area contributed by atoms with Crippen molar-refractivity contribution in [1.29, 1.82) is 0 Å². The van der Waals surface area contributed by atoms with Gasteiger partial charge in [-0.15, -0.1) is 11.3 Å². The molecule has 3 N–H and O–H groups in total. The van der Waals surface area contributed by atoms with Gasteiger partial charge in [0.05, 0.1) is 21.6 Å². The first-order valence-corrected chi connectivity index (χ1v) is 13.3. The zero-order chi connectivity index (χ0) is 25.5. The van der Waals surface area contributed by atoms with E-state index in [4.69, 9.17) is 0 Å². The molecular formula is C28H30N6O2S. The molecule has 8 nitrogen and oxygen atoms in total. The Morgan fingerprint density at radius 2 is 1.92 bits per heavy atom. The van der Waals surface area contributed by atoms with Crippen molar-refractivity contribution in [3.63, 3.8) is 0 Å². The molecule has 1 amide bonds. The predicted octanol–water partition coefficient (Wildman–Crippen LogP) is 4.27. The first kappa shape index (κ1) is 25.0. The van der Waals surface area contributed by atoms with Gasteiger partial charge in [-0.1, -0.05) is 18.2 Å². The molecule has 0 spiro atoms. The normalized spacial score (nSPS) is 14.4. The Kier molecular flexibility index (Phi) is 8.15. The second-order valence-corrected chi connectivity index (χ2v) is 10.2. The van der Waals surface area contributed by atoms with E-state index in [-0.39, 0.29) is 12.0 Å². The molecule has 1 fully saturated rings. The lowest BCUT2D eigenvalue weighted by molar-refractivity contribution is 0.0792. The third-order valence-electron chi connectivity index (χ3n) is 6.31. The zero-order valence-electron chi connectivity index (χ0n) is 20.5. The number of hydrogen-bond donors (Lipinski definition) is 3. The number of pyridine rings is 1. The predicted molar refractivity (Wildman–Crippen MR) is 146 cm³/mol. The number of carbonyl (C=O) groups excluding carboxylic acids is 1. The minimum Gasteiger partial charge on any atom is -0.393 e. The zero-order valence-corrected chi connectivity index (χ0v) is 21.3. The molecule has 0 bridgehead atoms. The van der Waals surface area contributed by atoms with Gasteiger partial charge in [-0.2, -0.15) is 0 Å². The molecule has 0 aliphatic carbocycles. The summed E-state index contributed by atoms with van der Waals surface area (Å²) in [5.74, 6) is 0.416. The lowest BCUT2D eigenvalue weighted by Gasteiger charge is -2.29. The van der Waals surface area contributed by atoms with Crippen LogP contribution in [0.2, 0.25) is 0 Å². The number of piperidine rings is 1. The van der Waals surface area contributed by atoms with Crippen molar-refractivity contribution in [2.24, 2.45) is 0 Å². The molecule has 1 aliphatic rings. The number of benzene rings is 1. The number of aliphatic hydroxyl groups is 1. The smallest absolute Gasteiger partial charge is 0.261 e. The summed E-state index contributed by atoms with van der Waals surface area (Å²) >= 11 is 1.41. The second-order valence-electron chi connectivity index (χ2n) is 9.13. The topological polar surface area (TPSA) is 103 Å². The summed E-state index contributed by atoms with van der Waals surface area (Å²) < 4.78 is 0. The largest absolute Gasteiger partial charge is 0.393 e. The highest BCUT2D eigenvalue weighted by Crippen LogP contribution is 2.28. The maximum Gasteiger partial charge on any atom is 0.261 e. The first-order chi connectivity index (χ1) is 18.1. The van der Waals surface area contributed by atoms with Crippen LogP contribution in [0.1, 0.15) is 33.6 Å². The van der Waals surface area contributed by atoms with Crippen molar-refractivity contribution in [1.82, 2.24) is 25.2 Å². The van der Waals surface area contributed by atoms with Crippen LogP contribution in [0, 0.1) is 0 Å². The molecule has 1 aromatic carbocycles. The van der Waals surface area contributed by atoms with Crippen molar-refractivity contribution < 1.29 is 9.90 Å². The number of nitrogens with one attached hydrogen (secondary N) is 2.